The van der Waals surface area contributed by atoms with Crippen LogP contribution in [-0.2, 0) is 0 Å². The number of alkyl halides is 1. The number of halogens is 1. The van der Waals surface area contributed by atoms with Gasteiger partial charge in [0.1, 0.15) is 0 Å². The zero-order valence-electron chi connectivity index (χ0n) is 7.51. The first-order valence-electron chi connectivity index (χ1n) is 5.23. The maximum absolute atomic E-state index is 4.24. The van der Waals surface area contributed by atoms with Gasteiger partial charge in [-0.2, -0.15) is 0 Å². The molecule has 68 valence electrons. The Morgan fingerprint density at radius 2 is 1.33 bits per heavy atom. The lowest BCUT2D eigenvalue weighted by molar-refractivity contribution is 0.0318. The van der Waals surface area contributed by atoms with E-state index in [1.807, 2.05) is 0 Å². The zero-order valence-corrected chi connectivity index (χ0v) is 9.66. The summed E-state index contributed by atoms with van der Waals surface area (Å²) in [4.78, 5) is 0. The fraction of sp³-hybridized carbons (Fsp3) is 0.909. The summed E-state index contributed by atoms with van der Waals surface area (Å²) in [6.45, 7) is 0. The van der Waals surface area contributed by atoms with Gasteiger partial charge in [0.05, 0.1) is 0 Å². The van der Waals surface area contributed by atoms with Crippen molar-refractivity contribution in [1.82, 2.24) is 0 Å². The summed E-state index contributed by atoms with van der Waals surface area (Å²) in [6.07, 6.45) is 7.95. The van der Waals surface area contributed by atoms with Gasteiger partial charge < -0.3 is 0 Å². The van der Waals surface area contributed by atoms with Gasteiger partial charge in [-0.3, -0.25) is 0 Å². The summed E-state index contributed by atoms with van der Waals surface area (Å²) in [6, 6.07) is 0. The number of hydrogen-bond donors (Lipinski definition) is 0. The van der Waals surface area contributed by atoms with Crippen molar-refractivity contribution in [1.29, 1.82) is 0 Å². The van der Waals surface area contributed by atoms with Crippen molar-refractivity contribution < 1.29 is 0 Å². The lowest BCUT2D eigenvalue weighted by Crippen LogP contribution is -2.45. The SMILES string of the molecule is C=IC1C2CC3CC(C2)CC1C3. The van der Waals surface area contributed by atoms with E-state index in [0.29, 0.717) is 20.7 Å². The van der Waals surface area contributed by atoms with Crippen molar-refractivity contribution in [2.75, 3.05) is 0 Å². The Bertz CT molecular complexity index is 181. The predicted molar refractivity (Wildman–Crippen MR) is 62.0 cm³/mol. The molecular formula is C11H17I. The minimum absolute atomic E-state index is 0.302. The third-order valence-corrected chi connectivity index (χ3v) is 7.34. The average molecular weight is 276 g/mol. The van der Waals surface area contributed by atoms with Crippen molar-refractivity contribution in [3.8, 4) is 0 Å². The maximum atomic E-state index is 4.24. The molecule has 0 radical (unpaired) electrons. The van der Waals surface area contributed by atoms with Crippen LogP contribution in [0.3, 0.4) is 0 Å². The molecule has 1 heteroatoms. The Morgan fingerprint density at radius 3 is 1.75 bits per heavy atom. The fourth-order valence-corrected chi connectivity index (χ4v) is 6.72. The molecule has 0 spiro atoms. The average Bonchev–Trinajstić information content (AvgIpc) is 2.02. The van der Waals surface area contributed by atoms with Crippen LogP contribution in [0.15, 0.2) is 0 Å². The molecule has 0 aromatic rings. The molecule has 4 fully saturated rings. The maximum Gasteiger partial charge on any atom is 0.0114 e. The van der Waals surface area contributed by atoms with Gasteiger partial charge >= 0.3 is 0 Å². The van der Waals surface area contributed by atoms with Gasteiger partial charge in [0.15, 0.2) is 0 Å². The van der Waals surface area contributed by atoms with Crippen molar-refractivity contribution in [3.63, 3.8) is 0 Å². The van der Waals surface area contributed by atoms with Crippen molar-refractivity contribution in [2.45, 2.75) is 36.0 Å². The molecule has 0 N–H and O–H groups in total. The van der Waals surface area contributed by atoms with Crippen LogP contribution < -0.4 is 0 Å². The van der Waals surface area contributed by atoms with Crippen molar-refractivity contribution in [3.05, 3.63) is 0 Å². The monoisotopic (exact) mass is 276 g/mol. The first-order chi connectivity index (χ1) is 5.86. The van der Waals surface area contributed by atoms with Crippen LogP contribution in [0.2, 0.25) is 0 Å². The van der Waals surface area contributed by atoms with Gasteiger partial charge in [0.25, 0.3) is 0 Å². The van der Waals surface area contributed by atoms with Gasteiger partial charge in [-0.25, -0.2) is 0 Å². The third kappa shape index (κ3) is 1.04. The van der Waals surface area contributed by atoms with Gasteiger partial charge in [-0.1, -0.05) is 4.51 Å². The van der Waals surface area contributed by atoms with Crippen LogP contribution in [0, 0.1) is 23.7 Å². The van der Waals surface area contributed by atoms with Gasteiger partial charge in [-0.15, -0.1) is 20.7 Å². The zero-order chi connectivity index (χ0) is 8.13. The minimum atomic E-state index is 0.302. The molecule has 0 nitrogen and oxygen atoms in total. The molecule has 4 aliphatic rings. The summed E-state index contributed by atoms with van der Waals surface area (Å²) >= 11 is 0.302. The lowest BCUT2D eigenvalue weighted by atomic mass is 9.56. The van der Waals surface area contributed by atoms with Gasteiger partial charge in [0, 0.05) is 3.92 Å². The van der Waals surface area contributed by atoms with Crippen LogP contribution in [0.1, 0.15) is 32.1 Å². The van der Waals surface area contributed by atoms with Crippen molar-refractivity contribution >= 4 is 25.2 Å². The van der Waals surface area contributed by atoms with E-state index in [1.54, 1.807) is 32.1 Å². The Balaban J connectivity index is 1.90. The predicted octanol–water partition coefficient (Wildman–Crippen LogP) is 3.21. The van der Waals surface area contributed by atoms with E-state index < -0.39 is 0 Å². The molecule has 0 saturated heterocycles. The molecule has 12 heavy (non-hydrogen) atoms. The smallest absolute Gasteiger partial charge is 0.0114 e. The standard InChI is InChI=1S/C11H17I/c1-12-11-9-3-7-2-8(5-9)6-10(11)4-7/h7-11H,1-6H2. The van der Waals surface area contributed by atoms with E-state index in [0.717, 1.165) is 27.6 Å². The Hall–Kier alpha value is 0.600. The Morgan fingerprint density at radius 1 is 0.833 bits per heavy atom. The molecule has 0 unspecified atom stereocenters. The lowest BCUT2D eigenvalue weighted by Gasteiger charge is -2.53. The summed E-state index contributed by atoms with van der Waals surface area (Å²) in [5.41, 5.74) is 0. The summed E-state index contributed by atoms with van der Waals surface area (Å²) in [7, 11) is 0. The normalized spacial score (nSPS) is 56.2. The first-order valence-corrected chi connectivity index (χ1v) is 8.01. The molecule has 4 rings (SSSR count). The van der Waals surface area contributed by atoms with Crippen LogP contribution in [-0.4, -0.2) is 8.44 Å². The molecule has 0 aromatic heterocycles. The van der Waals surface area contributed by atoms with Crippen LogP contribution >= 0.6 is 20.7 Å². The summed E-state index contributed by atoms with van der Waals surface area (Å²) < 4.78 is 5.38. The Labute approximate surface area is 84.9 Å². The van der Waals surface area contributed by atoms with E-state index >= 15 is 0 Å². The highest BCUT2D eigenvalue weighted by molar-refractivity contribution is 14.2. The molecule has 0 amide bonds. The highest BCUT2D eigenvalue weighted by Gasteiger charge is 2.47. The van der Waals surface area contributed by atoms with E-state index in [1.165, 1.54) is 0 Å². The number of rotatable bonds is 1. The fourth-order valence-electron chi connectivity index (χ4n) is 4.11. The van der Waals surface area contributed by atoms with Crippen LogP contribution in [0.5, 0.6) is 0 Å². The molecule has 0 aromatic carbocycles. The second-order valence-corrected chi connectivity index (χ2v) is 7.35. The highest BCUT2D eigenvalue weighted by atomic mass is 127. The summed E-state index contributed by atoms with van der Waals surface area (Å²) in [5, 5.41) is 0. The molecule has 4 bridgehead atoms. The van der Waals surface area contributed by atoms with Crippen molar-refractivity contribution in [2.24, 2.45) is 23.7 Å². The molecule has 0 aliphatic heterocycles. The largest absolute Gasteiger partial charge is 0.127 e. The van der Waals surface area contributed by atoms with Crippen LogP contribution in [0.25, 0.3) is 0 Å². The van der Waals surface area contributed by atoms with Crippen LogP contribution in [0.4, 0.5) is 0 Å². The second-order valence-electron chi connectivity index (χ2n) is 5.03. The van der Waals surface area contributed by atoms with E-state index in [-0.39, 0.29) is 0 Å². The number of hydrogen-bond acceptors (Lipinski definition) is 0. The Kier molecular flexibility index (Phi) is 1.85. The first kappa shape index (κ1) is 7.95. The van der Waals surface area contributed by atoms with Gasteiger partial charge in [0.2, 0.25) is 0 Å². The van der Waals surface area contributed by atoms with E-state index in [9.17, 15) is 0 Å². The molecule has 0 heterocycles. The second kappa shape index (κ2) is 2.79. The highest BCUT2D eigenvalue weighted by Crippen LogP contribution is 2.56. The van der Waals surface area contributed by atoms with E-state index in [2.05, 4.69) is 4.51 Å². The van der Waals surface area contributed by atoms with E-state index in [4.69, 9.17) is 0 Å². The topological polar surface area (TPSA) is 0 Å². The summed E-state index contributed by atoms with van der Waals surface area (Å²) in [5.74, 6) is 4.59. The third-order valence-electron chi connectivity index (χ3n) is 4.29. The molecule has 0 atom stereocenters. The molecular weight excluding hydrogens is 259 g/mol. The molecule has 4 aliphatic carbocycles. The quantitative estimate of drug-likeness (QED) is 0.509. The molecule has 4 saturated carbocycles. The minimum Gasteiger partial charge on any atom is -0.127 e. The van der Waals surface area contributed by atoms with Gasteiger partial charge in [-0.05, 0) is 55.8 Å².